The highest BCUT2D eigenvalue weighted by atomic mass is 14.9. The number of benzene rings is 1. The van der Waals surface area contributed by atoms with E-state index in [-0.39, 0.29) is 0 Å². The maximum absolute atomic E-state index is 8.93. The zero-order chi connectivity index (χ0) is 12.3. The lowest BCUT2D eigenvalue weighted by molar-refractivity contribution is 0.482. The zero-order valence-electron chi connectivity index (χ0n) is 10.2. The van der Waals surface area contributed by atoms with Crippen molar-refractivity contribution in [3.05, 3.63) is 23.8 Å². The Kier molecular flexibility index (Phi) is 3.53. The first-order chi connectivity index (χ1) is 8.22. The number of hydrogen-bond acceptors (Lipinski definition) is 3. The highest BCUT2D eigenvalue weighted by molar-refractivity contribution is 5.73. The summed E-state index contributed by atoms with van der Waals surface area (Å²) in [4.78, 5) is 0. The van der Waals surface area contributed by atoms with E-state index in [0.29, 0.717) is 17.3 Å². The van der Waals surface area contributed by atoms with E-state index in [4.69, 9.17) is 11.0 Å². The Bertz CT molecular complexity index is 428. The number of anilines is 2. The minimum atomic E-state index is 0.425. The number of rotatable bonds is 3. The number of nitrogens with zero attached hydrogens (tertiary/aromatic N) is 1. The Morgan fingerprint density at radius 3 is 2.76 bits per heavy atom. The quantitative estimate of drug-likeness (QED) is 0.783. The molecule has 1 atom stereocenters. The second-order valence-corrected chi connectivity index (χ2v) is 4.86. The van der Waals surface area contributed by atoms with Crippen LogP contribution >= 0.6 is 0 Å². The molecule has 3 heteroatoms. The fraction of sp³-hybridized carbons (Fsp3) is 0.500. The lowest BCUT2D eigenvalue weighted by Gasteiger charge is -2.22. The molecule has 90 valence electrons. The molecule has 0 aromatic heterocycles. The molecule has 0 saturated heterocycles. The van der Waals surface area contributed by atoms with Crippen molar-refractivity contribution in [2.24, 2.45) is 5.92 Å². The number of nitriles is 1. The molecule has 1 aromatic carbocycles. The van der Waals surface area contributed by atoms with Gasteiger partial charge in [0, 0.05) is 6.04 Å². The van der Waals surface area contributed by atoms with Gasteiger partial charge >= 0.3 is 0 Å². The maximum Gasteiger partial charge on any atom is 0.101 e. The van der Waals surface area contributed by atoms with Crippen molar-refractivity contribution in [1.82, 2.24) is 0 Å². The summed E-state index contributed by atoms with van der Waals surface area (Å²) in [6, 6.07) is 8.11. The van der Waals surface area contributed by atoms with Gasteiger partial charge in [0.2, 0.25) is 0 Å². The summed E-state index contributed by atoms with van der Waals surface area (Å²) >= 11 is 0. The van der Waals surface area contributed by atoms with Crippen molar-refractivity contribution in [2.45, 2.75) is 38.6 Å². The topological polar surface area (TPSA) is 61.8 Å². The number of nitrogens with two attached hydrogens (primary N) is 1. The Hall–Kier alpha value is -1.69. The van der Waals surface area contributed by atoms with Gasteiger partial charge in [0.25, 0.3) is 0 Å². The molecule has 1 fully saturated rings. The second-order valence-electron chi connectivity index (χ2n) is 4.86. The molecule has 0 heterocycles. The minimum absolute atomic E-state index is 0.425. The van der Waals surface area contributed by atoms with Crippen LogP contribution in [0.25, 0.3) is 0 Å². The van der Waals surface area contributed by atoms with Crippen LogP contribution < -0.4 is 11.1 Å². The Morgan fingerprint density at radius 1 is 1.41 bits per heavy atom. The van der Waals surface area contributed by atoms with Gasteiger partial charge in [-0.05, 0) is 37.8 Å². The average molecular weight is 229 g/mol. The second kappa shape index (κ2) is 5.09. The molecule has 0 amide bonds. The van der Waals surface area contributed by atoms with Crippen LogP contribution in [0.4, 0.5) is 11.4 Å². The van der Waals surface area contributed by atoms with E-state index in [1.807, 2.05) is 12.1 Å². The highest BCUT2D eigenvalue weighted by Crippen LogP contribution is 2.31. The lowest BCUT2D eigenvalue weighted by atomic mass is 9.99. The molecular formula is C14H19N3. The number of hydrogen-bond donors (Lipinski definition) is 2. The molecule has 3 N–H and O–H groups in total. The molecule has 0 aliphatic heterocycles. The average Bonchev–Trinajstić information content (AvgIpc) is 2.85. The summed E-state index contributed by atoms with van der Waals surface area (Å²) in [5.41, 5.74) is 7.97. The van der Waals surface area contributed by atoms with Gasteiger partial charge in [0.05, 0.1) is 16.9 Å². The van der Waals surface area contributed by atoms with Gasteiger partial charge in [0.1, 0.15) is 6.07 Å². The van der Waals surface area contributed by atoms with E-state index in [9.17, 15) is 0 Å². The summed E-state index contributed by atoms with van der Waals surface area (Å²) in [5, 5.41) is 12.4. The maximum atomic E-state index is 8.93. The van der Waals surface area contributed by atoms with Crippen molar-refractivity contribution in [3.8, 4) is 6.07 Å². The highest BCUT2D eigenvalue weighted by Gasteiger charge is 2.21. The van der Waals surface area contributed by atoms with Crippen molar-refractivity contribution in [3.63, 3.8) is 0 Å². The molecule has 1 unspecified atom stereocenters. The van der Waals surface area contributed by atoms with E-state index >= 15 is 0 Å². The van der Waals surface area contributed by atoms with E-state index in [2.05, 4.69) is 18.3 Å². The smallest absolute Gasteiger partial charge is 0.101 e. The predicted octanol–water partition coefficient (Wildman–Crippen LogP) is 3.13. The summed E-state index contributed by atoms with van der Waals surface area (Å²) in [7, 11) is 0. The molecule has 0 spiro atoms. The van der Waals surface area contributed by atoms with Crippen LogP contribution in [-0.2, 0) is 0 Å². The monoisotopic (exact) mass is 229 g/mol. The molecule has 2 rings (SSSR count). The van der Waals surface area contributed by atoms with Gasteiger partial charge in [-0.25, -0.2) is 0 Å². The standard InChI is InChI=1S/C14H19N3/c1-10(11-5-2-3-6-11)17-13-8-4-7-12(9-15)14(13)16/h4,7-8,10-11,17H,2-3,5-6,16H2,1H3. The Balaban J connectivity index is 2.10. The van der Waals surface area contributed by atoms with Gasteiger partial charge in [-0.3, -0.25) is 0 Å². The zero-order valence-corrected chi connectivity index (χ0v) is 10.2. The van der Waals surface area contributed by atoms with Crippen LogP contribution in [0, 0.1) is 17.2 Å². The summed E-state index contributed by atoms with van der Waals surface area (Å²) in [6.45, 7) is 2.20. The molecule has 3 nitrogen and oxygen atoms in total. The largest absolute Gasteiger partial charge is 0.396 e. The molecular weight excluding hydrogens is 210 g/mol. The van der Waals surface area contributed by atoms with Crippen LogP contribution in [0.2, 0.25) is 0 Å². The van der Waals surface area contributed by atoms with Crippen LogP contribution in [0.1, 0.15) is 38.2 Å². The summed E-state index contributed by atoms with van der Waals surface area (Å²) < 4.78 is 0. The molecule has 1 aliphatic carbocycles. The number of nitrogens with one attached hydrogen (secondary N) is 1. The first-order valence-corrected chi connectivity index (χ1v) is 6.27. The molecule has 0 radical (unpaired) electrons. The van der Waals surface area contributed by atoms with Crippen LogP contribution in [0.5, 0.6) is 0 Å². The van der Waals surface area contributed by atoms with Crippen LogP contribution in [0.3, 0.4) is 0 Å². The molecule has 0 bridgehead atoms. The van der Waals surface area contributed by atoms with Gasteiger partial charge in [-0.15, -0.1) is 0 Å². The molecule has 17 heavy (non-hydrogen) atoms. The first-order valence-electron chi connectivity index (χ1n) is 6.27. The normalized spacial score (nSPS) is 17.6. The van der Waals surface area contributed by atoms with Crippen LogP contribution in [0.15, 0.2) is 18.2 Å². The minimum Gasteiger partial charge on any atom is -0.396 e. The molecule has 1 saturated carbocycles. The van der Waals surface area contributed by atoms with Crippen molar-refractivity contribution < 1.29 is 0 Å². The van der Waals surface area contributed by atoms with E-state index in [1.165, 1.54) is 25.7 Å². The van der Waals surface area contributed by atoms with Gasteiger partial charge in [0.15, 0.2) is 0 Å². The fourth-order valence-electron chi connectivity index (χ4n) is 2.61. The van der Waals surface area contributed by atoms with Gasteiger partial charge in [-0.1, -0.05) is 18.9 Å². The predicted molar refractivity (Wildman–Crippen MR) is 70.6 cm³/mol. The Labute approximate surface area is 103 Å². The Morgan fingerprint density at radius 2 is 2.12 bits per heavy atom. The van der Waals surface area contributed by atoms with Crippen molar-refractivity contribution in [1.29, 1.82) is 5.26 Å². The molecule has 1 aliphatic rings. The van der Waals surface area contributed by atoms with Gasteiger partial charge in [-0.2, -0.15) is 5.26 Å². The third-order valence-electron chi connectivity index (χ3n) is 3.72. The number of nitrogen functional groups attached to an aromatic ring is 1. The summed E-state index contributed by atoms with van der Waals surface area (Å²) in [5.74, 6) is 0.736. The SMILES string of the molecule is CC(Nc1cccc(C#N)c1N)C1CCCC1. The van der Waals surface area contributed by atoms with E-state index in [1.54, 1.807) is 6.07 Å². The third-order valence-corrected chi connectivity index (χ3v) is 3.72. The van der Waals surface area contributed by atoms with Crippen LogP contribution in [-0.4, -0.2) is 6.04 Å². The number of para-hydroxylation sites is 1. The summed E-state index contributed by atoms with van der Waals surface area (Å²) in [6.07, 6.45) is 5.27. The fourth-order valence-corrected chi connectivity index (χ4v) is 2.61. The molecule has 1 aromatic rings. The van der Waals surface area contributed by atoms with Crippen molar-refractivity contribution >= 4 is 11.4 Å². The lowest BCUT2D eigenvalue weighted by Crippen LogP contribution is -2.24. The van der Waals surface area contributed by atoms with Crippen molar-refractivity contribution in [2.75, 3.05) is 11.1 Å². The first kappa shape index (κ1) is 11.8. The van der Waals surface area contributed by atoms with E-state index < -0.39 is 0 Å². The van der Waals surface area contributed by atoms with E-state index in [0.717, 1.165) is 11.6 Å². The van der Waals surface area contributed by atoms with Gasteiger partial charge < -0.3 is 11.1 Å². The third kappa shape index (κ3) is 2.52.